The zero-order valence-corrected chi connectivity index (χ0v) is 6.19. The molecule has 1 N–H and O–H groups in total. The van der Waals surface area contributed by atoms with Crippen LogP contribution in [-0.2, 0) is 0 Å². The molecule has 0 saturated carbocycles. The molecule has 0 spiro atoms. The molecule has 0 fully saturated rings. The van der Waals surface area contributed by atoms with Gasteiger partial charge < -0.3 is 4.98 Å². The summed E-state index contributed by atoms with van der Waals surface area (Å²) in [6, 6.07) is 2.86. The van der Waals surface area contributed by atoms with Crippen molar-refractivity contribution in [1.29, 1.82) is 0 Å². The molecule has 2 nitrogen and oxygen atoms in total. The number of nitrogens with zero attached hydrogens (tertiary/aromatic N) is 1. The van der Waals surface area contributed by atoms with Crippen LogP contribution in [0.1, 0.15) is 0 Å². The van der Waals surface area contributed by atoms with E-state index in [2.05, 4.69) is 9.97 Å². The molecule has 0 aliphatic carbocycles. The average Bonchev–Trinajstić information content (AvgIpc) is 2.34. The molecule has 0 saturated heterocycles. The Hall–Kier alpha value is -1.09. The first-order valence-electron chi connectivity index (χ1n) is 3.05. The van der Waals surface area contributed by atoms with Crippen LogP contribution in [0, 0.1) is 5.82 Å². The fourth-order valence-corrected chi connectivity index (χ4v) is 1.17. The second-order valence-corrected chi connectivity index (χ2v) is 2.62. The van der Waals surface area contributed by atoms with Gasteiger partial charge in [0, 0.05) is 5.02 Å². The molecular weight excluding hydrogens is 167 g/mol. The van der Waals surface area contributed by atoms with Gasteiger partial charge in [0.2, 0.25) is 0 Å². The van der Waals surface area contributed by atoms with Crippen molar-refractivity contribution in [2.45, 2.75) is 0 Å². The highest BCUT2D eigenvalue weighted by Gasteiger charge is 2.03. The molecule has 0 aliphatic heterocycles. The molecule has 4 heteroatoms. The summed E-state index contributed by atoms with van der Waals surface area (Å²) in [5, 5.41) is 0.363. The minimum Gasteiger partial charge on any atom is -0.342 e. The van der Waals surface area contributed by atoms with E-state index in [0.29, 0.717) is 16.1 Å². The summed E-state index contributed by atoms with van der Waals surface area (Å²) in [5.41, 5.74) is 0.949. The molecule has 1 aromatic carbocycles. The monoisotopic (exact) mass is 170 g/mol. The van der Waals surface area contributed by atoms with E-state index in [9.17, 15) is 4.39 Å². The van der Waals surface area contributed by atoms with Gasteiger partial charge in [-0.2, -0.15) is 0 Å². The van der Waals surface area contributed by atoms with Crippen molar-refractivity contribution in [2.75, 3.05) is 0 Å². The van der Waals surface area contributed by atoms with Gasteiger partial charge in [0.25, 0.3) is 0 Å². The number of fused-ring (bicyclic) bond motifs is 1. The van der Waals surface area contributed by atoms with E-state index in [0.717, 1.165) is 0 Å². The first kappa shape index (κ1) is 6.61. The summed E-state index contributed by atoms with van der Waals surface area (Å²) in [6.45, 7) is 0. The van der Waals surface area contributed by atoms with Gasteiger partial charge in [-0.15, -0.1) is 0 Å². The Labute approximate surface area is 67.0 Å². The van der Waals surface area contributed by atoms with Crippen LogP contribution >= 0.6 is 11.6 Å². The third-order valence-electron chi connectivity index (χ3n) is 1.45. The Bertz CT molecular complexity index is 396. The highest BCUT2D eigenvalue weighted by Crippen LogP contribution is 2.19. The van der Waals surface area contributed by atoms with E-state index in [1.165, 1.54) is 12.4 Å². The fourth-order valence-electron chi connectivity index (χ4n) is 0.971. The van der Waals surface area contributed by atoms with Crippen LogP contribution in [0.4, 0.5) is 4.39 Å². The maximum Gasteiger partial charge on any atom is 0.150 e. The van der Waals surface area contributed by atoms with Gasteiger partial charge in [-0.1, -0.05) is 11.6 Å². The van der Waals surface area contributed by atoms with Crippen molar-refractivity contribution in [3.8, 4) is 0 Å². The lowest BCUT2D eigenvalue weighted by atomic mass is 10.3. The molecule has 0 aliphatic rings. The lowest BCUT2D eigenvalue weighted by molar-refractivity contribution is 0.637. The first-order valence-corrected chi connectivity index (χ1v) is 3.43. The summed E-state index contributed by atoms with van der Waals surface area (Å²) >= 11 is 5.59. The number of H-pyrrole nitrogens is 1. The van der Waals surface area contributed by atoms with Gasteiger partial charge in [0.15, 0.2) is 0 Å². The van der Waals surface area contributed by atoms with Crippen LogP contribution in [0.25, 0.3) is 11.0 Å². The van der Waals surface area contributed by atoms with Crippen LogP contribution in [0.2, 0.25) is 5.02 Å². The molecule has 0 bridgehead atoms. The first-order chi connectivity index (χ1) is 5.27. The van der Waals surface area contributed by atoms with Gasteiger partial charge in [-0.05, 0) is 12.1 Å². The second kappa shape index (κ2) is 2.20. The zero-order valence-electron chi connectivity index (χ0n) is 5.44. The Balaban J connectivity index is 2.91. The zero-order chi connectivity index (χ0) is 7.84. The lowest BCUT2D eigenvalue weighted by Gasteiger charge is -1.91. The molecule has 1 heterocycles. The topological polar surface area (TPSA) is 28.7 Å². The molecule has 0 amide bonds. The van der Waals surface area contributed by atoms with E-state index >= 15 is 0 Å². The van der Waals surface area contributed by atoms with Crippen LogP contribution < -0.4 is 0 Å². The maximum absolute atomic E-state index is 12.9. The van der Waals surface area contributed by atoms with Crippen molar-refractivity contribution in [1.82, 2.24) is 9.97 Å². The maximum atomic E-state index is 12.9. The normalized spacial score (nSPS) is 10.7. The van der Waals surface area contributed by atoms with Crippen molar-refractivity contribution in [3.63, 3.8) is 0 Å². The summed E-state index contributed by atoms with van der Waals surface area (Å²) in [6.07, 6.45) is 1.43. The second-order valence-electron chi connectivity index (χ2n) is 2.18. The summed E-state index contributed by atoms with van der Waals surface area (Å²) in [7, 11) is 0. The van der Waals surface area contributed by atoms with Crippen molar-refractivity contribution >= 4 is 22.6 Å². The molecule has 0 radical (unpaired) electrons. The molecule has 0 atom stereocenters. The van der Waals surface area contributed by atoms with E-state index in [-0.39, 0.29) is 5.82 Å². The Morgan fingerprint density at radius 2 is 2.27 bits per heavy atom. The van der Waals surface area contributed by atoms with Crippen LogP contribution in [0.15, 0.2) is 18.5 Å². The van der Waals surface area contributed by atoms with E-state index < -0.39 is 0 Å². The number of aromatic nitrogens is 2. The highest BCUT2D eigenvalue weighted by molar-refractivity contribution is 6.31. The molecule has 56 valence electrons. The fraction of sp³-hybridized carbons (Fsp3) is 0. The average molecular weight is 171 g/mol. The van der Waals surface area contributed by atoms with Crippen LogP contribution in [0.3, 0.4) is 0 Å². The summed E-state index contributed by atoms with van der Waals surface area (Å²) in [4.78, 5) is 6.53. The Morgan fingerprint density at radius 1 is 1.45 bits per heavy atom. The molecule has 11 heavy (non-hydrogen) atoms. The minimum atomic E-state index is -0.370. The summed E-state index contributed by atoms with van der Waals surface area (Å²) in [5.74, 6) is -0.370. The summed E-state index contributed by atoms with van der Waals surface area (Å²) < 4.78 is 12.9. The predicted molar refractivity (Wildman–Crippen MR) is 41.1 cm³/mol. The van der Waals surface area contributed by atoms with Gasteiger partial charge in [0.05, 0.1) is 11.8 Å². The largest absolute Gasteiger partial charge is 0.342 e. The molecule has 0 unspecified atom stereocenters. The predicted octanol–water partition coefficient (Wildman–Crippen LogP) is 2.36. The third-order valence-corrected chi connectivity index (χ3v) is 1.66. The Kier molecular flexibility index (Phi) is 1.32. The van der Waals surface area contributed by atoms with E-state index in [4.69, 9.17) is 11.6 Å². The van der Waals surface area contributed by atoms with Gasteiger partial charge in [-0.3, -0.25) is 0 Å². The number of nitrogens with one attached hydrogen (secondary N) is 1. The van der Waals surface area contributed by atoms with Crippen molar-refractivity contribution < 1.29 is 4.39 Å². The highest BCUT2D eigenvalue weighted by atomic mass is 35.5. The number of halogens is 2. The third kappa shape index (κ3) is 0.973. The standard InChI is InChI=1S/C7H4ClFN2/c8-4-1-5(9)7-6(2-4)10-3-11-7/h1-3H,(H,10,11). The number of imidazole rings is 1. The molecule has 2 rings (SSSR count). The smallest absolute Gasteiger partial charge is 0.150 e. The number of aromatic amines is 1. The van der Waals surface area contributed by atoms with Crippen molar-refractivity contribution in [2.24, 2.45) is 0 Å². The number of hydrogen-bond acceptors (Lipinski definition) is 1. The van der Waals surface area contributed by atoms with Gasteiger partial charge in [-0.25, -0.2) is 9.37 Å². The van der Waals surface area contributed by atoms with Crippen LogP contribution in [0.5, 0.6) is 0 Å². The lowest BCUT2D eigenvalue weighted by Crippen LogP contribution is -1.77. The number of rotatable bonds is 0. The van der Waals surface area contributed by atoms with Gasteiger partial charge in [0.1, 0.15) is 11.3 Å². The SMILES string of the molecule is Fc1cc(Cl)cc2nc[nH]c12. The van der Waals surface area contributed by atoms with Gasteiger partial charge >= 0.3 is 0 Å². The molecular formula is C7H4ClFN2. The number of benzene rings is 1. The molecule has 2 aromatic rings. The van der Waals surface area contributed by atoms with E-state index in [1.807, 2.05) is 0 Å². The molecule has 1 aromatic heterocycles. The van der Waals surface area contributed by atoms with Crippen molar-refractivity contribution in [3.05, 3.63) is 29.3 Å². The quantitative estimate of drug-likeness (QED) is 0.646. The Morgan fingerprint density at radius 3 is 3.09 bits per heavy atom. The minimum absolute atomic E-state index is 0.363. The van der Waals surface area contributed by atoms with E-state index in [1.54, 1.807) is 6.07 Å². The number of hydrogen-bond donors (Lipinski definition) is 1. The van der Waals surface area contributed by atoms with Crippen LogP contribution in [-0.4, -0.2) is 9.97 Å².